The first-order chi connectivity index (χ1) is 13.5. The highest BCUT2D eigenvalue weighted by Crippen LogP contribution is 2.19. The third-order valence-corrected chi connectivity index (χ3v) is 4.90. The van der Waals surface area contributed by atoms with Gasteiger partial charge in [0.2, 0.25) is 11.8 Å². The van der Waals surface area contributed by atoms with Crippen molar-refractivity contribution in [3.05, 3.63) is 71.8 Å². The molecule has 0 radical (unpaired) electrons. The largest absolute Gasteiger partial charge is 0.349 e. The van der Waals surface area contributed by atoms with Gasteiger partial charge in [-0.2, -0.15) is 0 Å². The zero-order chi connectivity index (χ0) is 19.9. The van der Waals surface area contributed by atoms with Gasteiger partial charge in [-0.05, 0) is 17.7 Å². The molecule has 1 fully saturated rings. The number of piperazine rings is 1. The third-order valence-electron chi connectivity index (χ3n) is 4.90. The Bertz CT molecular complexity index is 815. The van der Waals surface area contributed by atoms with Crippen LogP contribution >= 0.6 is 0 Å². The molecule has 1 atom stereocenters. The molecular weight excluding hydrogens is 354 g/mol. The lowest BCUT2D eigenvalue weighted by Crippen LogP contribution is -2.51. The van der Waals surface area contributed by atoms with Gasteiger partial charge in [0.25, 0.3) is 5.91 Å². The van der Waals surface area contributed by atoms with Crippen LogP contribution in [0.4, 0.5) is 0 Å². The van der Waals surface area contributed by atoms with Crippen LogP contribution in [-0.4, -0.2) is 53.7 Å². The number of rotatable bonds is 5. The van der Waals surface area contributed by atoms with E-state index in [2.05, 4.69) is 5.32 Å². The molecule has 0 saturated carbocycles. The maximum Gasteiger partial charge on any atom is 0.253 e. The second kappa shape index (κ2) is 9.17. The molecule has 1 aliphatic rings. The van der Waals surface area contributed by atoms with E-state index in [0.29, 0.717) is 31.7 Å². The van der Waals surface area contributed by atoms with Crippen molar-refractivity contribution >= 4 is 17.7 Å². The van der Waals surface area contributed by atoms with Gasteiger partial charge in [0.15, 0.2) is 0 Å². The van der Waals surface area contributed by atoms with Crippen molar-refractivity contribution in [2.24, 2.45) is 0 Å². The van der Waals surface area contributed by atoms with Crippen LogP contribution in [0.15, 0.2) is 60.7 Å². The van der Waals surface area contributed by atoms with E-state index < -0.39 is 0 Å². The van der Waals surface area contributed by atoms with Crippen molar-refractivity contribution in [2.45, 2.75) is 19.4 Å². The predicted octanol–water partition coefficient (Wildman–Crippen LogP) is 2.24. The molecule has 0 aromatic heterocycles. The van der Waals surface area contributed by atoms with Crippen LogP contribution in [0.2, 0.25) is 0 Å². The molecule has 0 bridgehead atoms. The van der Waals surface area contributed by atoms with Crippen molar-refractivity contribution in [1.29, 1.82) is 0 Å². The first-order valence-corrected chi connectivity index (χ1v) is 9.49. The molecule has 0 spiro atoms. The summed E-state index contributed by atoms with van der Waals surface area (Å²) in [5, 5.41) is 2.86. The number of hydrogen-bond acceptors (Lipinski definition) is 3. The van der Waals surface area contributed by atoms with Crippen molar-refractivity contribution in [2.75, 3.05) is 26.2 Å². The second-order valence-corrected chi connectivity index (χ2v) is 6.91. The predicted molar refractivity (Wildman–Crippen MR) is 107 cm³/mol. The van der Waals surface area contributed by atoms with Crippen molar-refractivity contribution in [3.8, 4) is 0 Å². The maximum atomic E-state index is 12.8. The lowest BCUT2D eigenvalue weighted by molar-refractivity contribution is -0.133. The summed E-state index contributed by atoms with van der Waals surface area (Å²) in [6.07, 6.45) is 0.205. The summed E-state index contributed by atoms with van der Waals surface area (Å²) in [4.78, 5) is 40.4. The Morgan fingerprint density at radius 1 is 0.857 bits per heavy atom. The van der Waals surface area contributed by atoms with Gasteiger partial charge < -0.3 is 15.1 Å². The highest BCUT2D eigenvalue weighted by atomic mass is 16.2. The van der Waals surface area contributed by atoms with E-state index in [0.717, 1.165) is 5.56 Å². The molecule has 6 nitrogen and oxygen atoms in total. The molecule has 1 unspecified atom stereocenters. The van der Waals surface area contributed by atoms with E-state index in [9.17, 15) is 14.4 Å². The summed E-state index contributed by atoms with van der Waals surface area (Å²) in [5.41, 5.74) is 1.57. The molecule has 2 aromatic rings. The molecule has 3 rings (SSSR count). The monoisotopic (exact) mass is 379 g/mol. The van der Waals surface area contributed by atoms with Crippen LogP contribution in [-0.2, 0) is 9.59 Å². The summed E-state index contributed by atoms with van der Waals surface area (Å²) in [6, 6.07) is 18.3. The number of nitrogens with one attached hydrogen (secondary N) is 1. The molecule has 6 heteroatoms. The quantitative estimate of drug-likeness (QED) is 0.866. The Morgan fingerprint density at radius 2 is 1.39 bits per heavy atom. The summed E-state index contributed by atoms with van der Waals surface area (Å²) in [7, 11) is 0. The Labute approximate surface area is 165 Å². The average Bonchev–Trinajstić information content (AvgIpc) is 2.74. The van der Waals surface area contributed by atoms with Crippen molar-refractivity contribution in [1.82, 2.24) is 15.1 Å². The van der Waals surface area contributed by atoms with E-state index in [1.165, 1.54) is 6.92 Å². The number of amides is 3. The number of carbonyl (C=O) groups excluding carboxylic acids is 3. The fourth-order valence-electron chi connectivity index (χ4n) is 3.41. The van der Waals surface area contributed by atoms with Gasteiger partial charge in [-0.15, -0.1) is 0 Å². The third kappa shape index (κ3) is 4.97. The first kappa shape index (κ1) is 19.6. The Morgan fingerprint density at radius 3 is 1.96 bits per heavy atom. The Hall–Kier alpha value is -3.15. The molecule has 0 aliphatic carbocycles. The van der Waals surface area contributed by atoms with Crippen LogP contribution in [0.3, 0.4) is 0 Å². The van der Waals surface area contributed by atoms with Crippen LogP contribution in [0.25, 0.3) is 0 Å². The SMILES string of the molecule is CC(=O)NC(CC(=O)N1CCN(C(=O)c2ccccc2)CC1)c1ccccc1. The highest BCUT2D eigenvalue weighted by molar-refractivity contribution is 5.94. The van der Waals surface area contributed by atoms with Gasteiger partial charge in [0.05, 0.1) is 12.5 Å². The summed E-state index contributed by atoms with van der Waals surface area (Å²) >= 11 is 0. The second-order valence-electron chi connectivity index (χ2n) is 6.91. The van der Waals surface area contributed by atoms with Gasteiger partial charge in [0.1, 0.15) is 0 Å². The molecule has 28 heavy (non-hydrogen) atoms. The lowest BCUT2D eigenvalue weighted by atomic mass is 10.0. The average molecular weight is 379 g/mol. The van der Waals surface area contributed by atoms with Gasteiger partial charge in [-0.25, -0.2) is 0 Å². The van der Waals surface area contributed by atoms with E-state index >= 15 is 0 Å². The molecule has 1 aliphatic heterocycles. The van der Waals surface area contributed by atoms with Crippen LogP contribution in [0, 0.1) is 0 Å². The van der Waals surface area contributed by atoms with Gasteiger partial charge in [0, 0.05) is 38.7 Å². The number of hydrogen-bond donors (Lipinski definition) is 1. The molecule has 1 heterocycles. The highest BCUT2D eigenvalue weighted by Gasteiger charge is 2.27. The van der Waals surface area contributed by atoms with Gasteiger partial charge in [-0.1, -0.05) is 48.5 Å². The maximum absolute atomic E-state index is 12.8. The normalized spacial score (nSPS) is 15.0. The zero-order valence-corrected chi connectivity index (χ0v) is 16.0. The molecule has 146 valence electrons. The van der Waals surface area contributed by atoms with E-state index in [-0.39, 0.29) is 30.2 Å². The smallest absolute Gasteiger partial charge is 0.253 e. The standard InChI is InChI=1S/C22H25N3O3/c1-17(26)23-20(18-8-4-2-5-9-18)16-21(27)24-12-14-25(15-13-24)22(28)19-10-6-3-7-11-19/h2-11,20H,12-16H2,1H3,(H,23,26). The van der Waals surface area contributed by atoms with E-state index in [1.54, 1.807) is 21.9 Å². The fraction of sp³-hybridized carbons (Fsp3) is 0.318. The lowest BCUT2D eigenvalue weighted by Gasteiger charge is -2.35. The minimum Gasteiger partial charge on any atom is -0.349 e. The number of benzene rings is 2. The molecule has 2 aromatic carbocycles. The molecule has 1 N–H and O–H groups in total. The summed E-state index contributed by atoms with van der Waals surface area (Å²) < 4.78 is 0. The summed E-state index contributed by atoms with van der Waals surface area (Å²) in [5.74, 6) is -0.192. The first-order valence-electron chi connectivity index (χ1n) is 9.49. The summed E-state index contributed by atoms with van der Waals surface area (Å²) in [6.45, 7) is 3.47. The van der Waals surface area contributed by atoms with Crippen molar-refractivity contribution in [3.63, 3.8) is 0 Å². The van der Waals surface area contributed by atoms with E-state index in [1.807, 2.05) is 48.5 Å². The number of carbonyl (C=O) groups is 3. The minimum atomic E-state index is -0.352. The minimum absolute atomic E-state index is 0.00638. The zero-order valence-electron chi connectivity index (χ0n) is 16.0. The van der Waals surface area contributed by atoms with Gasteiger partial charge >= 0.3 is 0 Å². The van der Waals surface area contributed by atoms with Crippen LogP contribution < -0.4 is 5.32 Å². The Balaban J connectivity index is 1.58. The molecule has 3 amide bonds. The topological polar surface area (TPSA) is 69.7 Å². The van der Waals surface area contributed by atoms with Gasteiger partial charge in [-0.3, -0.25) is 14.4 Å². The molecule has 1 saturated heterocycles. The van der Waals surface area contributed by atoms with Crippen molar-refractivity contribution < 1.29 is 14.4 Å². The van der Waals surface area contributed by atoms with Crippen LogP contribution in [0.5, 0.6) is 0 Å². The number of nitrogens with zero attached hydrogens (tertiary/aromatic N) is 2. The fourth-order valence-corrected chi connectivity index (χ4v) is 3.41. The Kier molecular flexibility index (Phi) is 6.42. The van der Waals surface area contributed by atoms with E-state index in [4.69, 9.17) is 0 Å². The van der Waals surface area contributed by atoms with Crippen LogP contribution in [0.1, 0.15) is 35.3 Å². The molecular formula is C22H25N3O3.